The van der Waals surface area contributed by atoms with E-state index in [0.29, 0.717) is 11.7 Å². The third kappa shape index (κ3) is 3.48. The fourth-order valence-electron chi connectivity index (χ4n) is 2.15. The summed E-state index contributed by atoms with van der Waals surface area (Å²) in [6.45, 7) is 4.26. The number of imidazole rings is 1. The van der Waals surface area contributed by atoms with Gasteiger partial charge in [-0.2, -0.15) is 0 Å². The smallest absolute Gasteiger partial charge is 0.304 e. The molecule has 0 aliphatic rings. The van der Waals surface area contributed by atoms with E-state index in [0.717, 1.165) is 10.2 Å². The maximum atomic E-state index is 11.1. The SMILES string of the molecule is CC(C)c1ccc(C(CC(=O)O)c2ncc(Br)[nH]2)cc1. The maximum absolute atomic E-state index is 11.1. The topological polar surface area (TPSA) is 66.0 Å². The molecule has 2 rings (SSSR count). The first-order valence-electron chi connectivity index (χ1n) is 6.49. The van der Waals surface area contributed by atoms with E-state index in [2.05, 4.69) is 39.7 Å². The molecule has 1 aromatic heterocycles. The van der Waals surface area contributed by atoms with E-state index in [4.69, 9.17) is 5.11 Å². The molecule has 0 bridgehead atoms. The summed E-state index contributed by atoms with van der Waals surface area (Å²) in [7, 11) is 0. The van der Waals surface area contributed by atoms with Gasteiger partial charge in [-0.1, -0.05) is 38.1 Å². The van der Waals surface area contributed by atoms with Crippen LogP contribution in [0, 0.1) is 0 Å². The second-order valence-corrected chi connectivity index (χ2v) is 5.94. The summed E-state index contributed by atoms with van der Waals surface area (Å²) in [6.07, 6.45) is 1.66. The molecule has 5 heteroatoms. The third-order valence-electron chi connectivity index (χ3n) is 3.28. The predicted octanol–water partition coefficient (Wildman–Crippen LogP) is 3.90. The lowest BCUT2D eigenvalue weighted by Gasteiger charge is -2.14. The Morgan fingerprint density at radius 3 is 2.35 bits per heavy atom. The fraction of sp³-hybridized carbons (Fsp3) is 0.333. The van der Waals surface area contributed by atoms with Crippen LogP contribution in [0.5, 0.6) is 0 Å². The molecule has 1 heterocycles. The lowest BCUT2D eigenvalue weighted by atomic mass is 9.92. The van der Waals surface area contributed by atoms with E-state index in [1.165, 1.54) is 5.56 Å². The van der Waals surface area contributed by atoms with Crippen molar-refractivity contribution < 1.29 is 9.90 Å². The van der Waals surface area contributed by atoms with Crippen LogP contribution in [0.4, 0.5) is 0 Å². The van der Waals surface area contributed by atoms with E-state index in [1.54, 1.807) is 6.20 Å². The minimum Gasteiger partial charge on any atom is -0.481 e. The molecule has 1 aromatic carbocycles. The quantitative estimate of drug-likeness (QED) is 0.870. The van der Waals surface area contributed by atoms with Crippen molar-refractivity contribution in [2.75, 3.05) is 0 Å². The molecule has 0 aliphatic heterocycles. The van der Waals surface area contributed by atoms with Gasteiger partial charge in [0.2, 0.25) is 0 Å². The van der Waals surface area contributed by atoms with Gasteiger partial charge in [-0.05, 0) is 33.0 Å². The van der Waals surface area contributed by atoms with Gasteiger partial charge in [0.25, 0.3) is 0 Å². The number of aromatic nitrogens is 2. The zero-order valence-electron chi connectivity index (χ0n) is 11.4. The molecule has 106 valence electrons. The van der Waals surface area contributed by atoms with Gasteiger partial charge >= 0.3 is 5.97 Å². The molecule has 1 unspecified atom stereocenters. The number of nitrogens with one attached hydrogen (secondary N) is 1. The van der Waals surface area contributed by atoms with Crippen molar-refractivity contribution in [3.63, 3.8) is 0 Å². The number of rotatable bonds is 5. The van der Waals surface area contributed by atoms with Gasteiger partial charge in [0.15, 0.2) is 0 Å². The zero-order chi connectivity index (χ0) is 14.7. The van der Waals surface area contributed by atoms with E-state index >= 15 is 0 Å². The maximum Gasteiger partial charge on any atom is 0.304 e. The summed E-state index contributed by atoms with van der Waals surface area (Å²) in [5, 5.41) is 9.10. The largest absolute Gasteiger partial charge is 0.481 e. The first-order valence-corrected chi connectivity index (χ1v) is 7.28. The summed E-state index contributed by atoms with van der Waals surface area (Å²) >= 11 is 3.30. The summed E-state index contributed by atoms with van der Waals surface area (Å²) in [4.78, 5) is 18.4. The average molecular weight is 337 g/mol. The molecule has 20 heavy (non-hydrogen) atoms. The molecular weight excluding hydrogens is 320 g/mol. The van der Waals surface area contributed by atoms with Gasteiger partial charge in [-0.15, -0.1) is 0 Å². The minimum atomic E-state index is -0.838. The summed E-state index contributed by atoms with van der Waals surface area (Å²) in [5.74, 6) is 0.0202. The van der Waals surface area contributed by atoms with Crippen molar-refractivity contribution in [2.45, 2.75) is 32.1 Å². The van der Waals surface area contributed by atoms with Crippen LogP contribution in [0.1, 0.15) is 49.1 Å². The van der Waals surface area contributed by atoms with Crippen molar-refractivity contribution >= 4 is 21.9 Å². The molecule has 0 saturated carbocycles. The number of carbonyl (C=O) groups is 1. The second-order valence-electron chi connectivity index (χ2n) is 5.09. The van der Waals surface area contributed by atoms with Crippen molar-refractivity contribution in [2.24, 2.45) is 0 Å². The third-order valence-corrected chi connectivity index (χ3v) is 3.68. The number of aromatic amines is 1. The van der Waals surface area contributed by atoms with Gasteiger partial charge in [-0.3, -0.25) is 4.79 Å². The number of benzene rings is 1. The molecular formula is C15H17BrN2O2. The van der Waals surface area contributed by atoms with Crippen molar-refractivity contribution in [1.29, 1.82) is 0 Å². The molecule has 4 nitrogen and oxygen atoms in total. The molecule has 0 amide bonds. The lowest BCUT2D eigenvalue weighted by molar-refractivity contribution is -0.137. The normalized spacial score (nSPS) is 12.6. The summed E-state index contributed by atoms with van der Waals surface area (Å²) < 4.78 is 0.752. The second kappa shape index (κ2) is 6.22. The van der Waals surface area contributed by atoms with Crippen LogP contribution in [-0.4, -0.2) is 21.0 Å². The van der Waals surface area contributed by atoms with Crippen LogP contribution in [0.2, 0.25) is 0 Å². The molecule has 2 aromatic rings. The minimum absolute atomic E-state index is 0.0149. The Labute approximate surface area is 126 Å². The van der Waals surface area contributed by atoms with Crippen molar-refractivity contribution in [3.05, 3.63) is 52.0 Å². The number of aliphatic carboxylic acids is 1. The first kappa shape index (κ1) is 14.8. The van der Waals surface area contributed by atoms with Crippen LogP contribution in [-0.2, 0) is 4.79 Å². The highest BCUT2D eigenvalue weighted by Gasteiger charge is 2.20. The predicted molar refractivity (Wildman–Crippen MR) is 80.9 cm³/mol. The molecule has 0 saturated heterocycles. The van der Waals surface area contributed by atoms with Gasteiger partial charge in [0.05, 0.1) is 18.5 Å². The molecule has 1 atom stereocenters. The van der Waals surface area contributed by atoms with Crippen LogP contribution in [0.3, 0.4) is 0 Å². The highest BCUT2D eigenvalue weighted by atomic mass is 79.9. The first-order chi connectivity index (χ1) is 9.47. The number of carboxylic acids is 1. The Hall–Kier alpha value is -1.62. The molecule has 2 N–H and O–H groups in total. The van der Waals surface area contributed by atoms with Gasteiger partial charge < -0.3 is 10.1 Å². The molecule has 0 radical (unpaired) electrons. The summed E-state index contributed by atoms with van der Waals surface area (Å²) in [6, 6.07) is 8.07. The van der Waals surface area contributed by atoms with E-state index in [1.807, 2.05) is 24.3 Å². The van der Waals surface area contributed by atoms with Gasteiger partial charge in [-0.25, -0.2) is 4.98 Å². The fourth-order valence-corrected chi connectivity index (χ4v) is 2.46. The number of halogens is 1. The lowest BCUT2D eigenvalue weighted by Crippen LogP contribution is -2.09. The van der Waals surface area contributed by atoms with Crippen LogP contribution in [0.15, 0.2) is 35.1 Å². The van der Waals surface area contributed by atoms with Crippen LogP contribution >= 0.6 is 15.9 Å². The highest BCUT2D eigenvalue weighted by molar-refractivity contribution is 9.10. The van der Waals surface area contributed by atoms with E-state index < -0.39 is 5.97 Å². The number of nitrogens with zero attached hydrogens (tertiary/aromatic N) is 1. The van der Waals surface area contributed by atoms with Crippen molar-refractivity contribution in [1.82, 2.24) is 9.97 Å². The number of hydrogen-bond donors (Lipinski definition) is 2. The Bertz CT molecular complexity index is 590. The monoisotopic (exact) mass is 336 g/mol. The molecule has 0 spiro atoms. The van der Waals surface area contributed by atoms with Gasteiger partial charge in [0, 0.05) is 0 Å². The van der Waals surface area contributed by atoms with E-state index in [9.17, 15) is 4.79 Å². The number of hydrogen-bond acceptors (Lipinski definition) is 2. The Morgan fingerprint density at radius 2 is 1.90 bits per heavy atom. The zero-order valence-corrected chi connectivity index (χ0v) is 13.0. The van der Waals surface area contributed by atoms with Crippen LogP contribution in [0.25, 0.3) is 0 Å². The Kier molecular flexibility index (Phi) is 4.60. The van der Waals surface area contributed by atoms with E-state index in [-0.39, 0.29) is 12.3 Å². The van der Waals surface area contributed by atoms with Crippen LogP contribution < -0.4 is 0 Å². The summed E-state index contributed by atoms with van der Waals surface area (Å²) in [5.41, 5.74) is 2.20. The number of H-pyrrole nitrogens is 1. The number of carboxylic acid groups (broad SMARTS) is 1. The highest BCUT2D eigenvalue weighted by Crippen LogP contribution is 2.28. The molecule has 0 fully saturated rings. The Morgan fingerprint density at radius 1 is 1.30 bits per heavy atom. The standard InChI is InChI=1S/C15H17BrN2O2/c1-9(2)10-3-5-11(6-4-10)12(7-14(19)20)15-17-8-13(16)18-15/h3-6,8-9,12H,7H2,1-2H3,(H,17,18)(H,19,20). The van der Waals surface area contributed by atoms with Crippen molar-refractivity contribution in [3.8, 4) is 0 Å². The average Bonchev–Trinajstić information content (AvgIpc) is 2.82. The van der Waals surface area contributed by atoms with Gasteiger partial charge in [0.1, 0.15) is 10.4 Å². The Balaban J connectivity index is 2.33. The molecule has 0 aliphatic carbocycles.